The zero-order chi connectivity index (χ0) is 14.4. The van der Waals surface area contributed by atoms with Gasteiger partial charge in [-0.15, -0.1) is 11.8 Å². The minimum Gasteiger partial charge on any atom is -0.481 e. The Balaban J connectivity index is 2.71. The third kappa shape index (κ3) is 4.92. The summed E-state index contributed by atoms with van der Waals surface area (Å²) in [6.07, 6.45) is 1.48. The Hall–Kier alpha value is -1.53. The van der Waals surface area contributed by atoms with Crippen LogP contribution in [0.3, 0.4) is 0 Å². The second-order valence-corrected chi connectivity index (χ2v) is 4.89. The first kappa shape index (κ1) is 15.5. The maximum absolute atomic E-state index is 11.4. The lowest BCUT2D eigenvalue weighted by Crippen LogP contribution is -2.13. The fourth-order valence-electron chi connectivity index (χ4n) is 1.33. The number of benzene rings is 1. The molecule has 1 aromatic carbocycles. The number of hydrogen-bond acceptors (Lipinski definition) is 4. The van der Waals surface area contributed by atoms with Crippen LogP contribution in [-0.4, -0.2) is 28.3 Å². The topological polar surface area (TPSA) is 90.3 Å². The second kappa shape index (κ2) is 7.16. The molecule has 0 spiro atoms. The van der Waals surface area contributed by atoms with E-state index in [0.29, 0.717) is 21.3 Å². The highest BCUT2D eigenvalue weighted by molar-refractivity contribution is 8.13. The van der Waals surface area contributed by atoms with E-state index in [1.165, 1.54) is 11.8 Å². The highest BCUT2D eigenvalue weighted by Gasteiger charge is 2.09. The predicted octanol–water partition coefficient (Wildman–Crippen LogP) is 2.83. The van der Waals surface area contributed by atoms with Crippen molar-refractivity contribution >= 4 is 46.0 Å². The number of carboxylic acid groups (broad SMARTS) is 1. The van der Waals surface area contributed by atoms with Crippen molar-refractivity contribution in [1.82, 2.24) is 0 Å². The van der Waals surface area contributed by atoms with E-state index >= 15 is 0 Å². The highest BCUT2D eigenvalue weighted by atomic mass is 35.5. The lowest BCUT2D eigenvalue weighted by atomic mass is 10.2. The molecule has 0 aliphatic heterocycles. The molecule has 7 heteroatoms. The van der Waals surface area contributed by atoms with Crippen molar-refractivity contribution in [1.29, 1.82) is 5.41 Å². The van der Waals surface area contributed by atoms with Gasteiger partial charge in [-0.2, -0.15) is 0 Å². The van der Waals surface area contributed by atoms with Crippen LogP contribution in [0.25, 0.3) is 0 Å². The average Bonchev–Trinajstić information content (AvgIpc) is 2.35. The average molecular weight is 301 g/mol. The first-order valence-corrected chi connectivity index (χ1v) is 6.98. The van der Waals surface area contributed by atoms with Crippen molar-refractivity contribution in [3.05, 3.63) is 28.8 Å². The van der Waals surface area contributed by atoms with Gasteiger partial charge in [-0.25, -0.2) is 0 Å². The number of carboxylic acids is 1. The van der Waals surface area contributed by atoms with Crippen LogP contribution in [0.15, 0.2) is 18.2 Å². The second-order valence-electron chi connectivity index (χ2n) is 3.67. The van der Waals surface area contributed by atoms with Gasteiger partial charge in [0.25, 0.3) is 0 Å². The lowest BCUT2D eigenvalue weighted by Gasteiger charge is -2.08. The maximum Gasteiger partial charge on any atom is 0.303 e. The molecule has 0 unspecified atom stereocenters. The zero-order valence-electron chi connectivity index (χ0n) is 10.2. The molecule has 0 fully saturated rings. The van der Waals surface area contributed by atoms with Crippen LogP contribution in [0.5, 0.6) is 0 Å². The molecular weight excluding hydrogens is 288 g/mol. The summed E-state index contributed by atoms with van der Waals surface area (Å²) in [5, 5.41) is 19.4. The number of anilines is 1. The molecule has 0 radical (unpaired) electrons. The minimum absolute atomic E-state index is 0.0880. The number of carbonyl (C=O) groups excluding carboxylic acids is 1. The van der Waals surface area contributed by atoms with Crippen LogP contribution in [-0.2, 0) is 9.59 Å². The molecular formula is C12H13ClN2O3S. The molecule has 0 aliphatic carbocycles. The molecule has 1 aromatic rings. The SMILES string of the molecule is CSC(=N)c1ccc(NC(=O)CCC(=O)O)cc1Cl. The molecule has 0 bridgehead atoms. The molecule has 0 saturated carbocycles. The zero-order valence-corrected chi connectivity index (χ0v) is 11.8. The quantitative estimate of drug-likeness (QED) is 0.576. The van der Waals surface area contributed by atoms with Crippen LogP contribution in [0, 0.1) is 5.41 Å². The van der Waals surface area contributed by atoms with Crippen LogP contribution in [0.2, 0.25) is 5.02 Å². The standard InChI is InChI=1S/C12H13ClN2O3S/c1-19-12(14)8-3-2-7(6-9(8)13)15-10(16)4-5-11(17)18/h2-3,6,14H,4-5H2,1H3,(H,15,16)(H,17,18). The monoisotopic (exact) mass is 300 g/mol. The van der Waals surface area contributed by atoms with Gasteiger partial charge in [0, 0.05) is 17.7 Å². The lowest BCUT2D eigenvalue weighted by molar-refractivity contribution is -0.138. The summed E-state index contributed by atoms with van der Waals surface area (Å²) in [5.74, 6) is -1.40. The van der Waals surface area contributed by atoms with Crippen molar-refractivity contribution in [2.75, 3.05) is 11.6 Å². The van der Waals surface area contributed by atoms with Gasteiger partial charge in [0.2, 0.25) is 5.91 Å². The van der Waals surface area contributed by atoms with Gasteiger partial charge in [-0.3, -0.25) is 15.0 Å². The molecule has 3 N–H and O–H groups in total. The molecule has 0 saturated heterocycles. The molecule has 1 rings (SSSR count). The van der Waals surface area contributed by atoms with Gasteiger partial charge in [0.15, 0.2) is 0 Å². The number of thioether (sulfide) groups is 1. The molecule has 0 aliphatic rings. The number of amides is 1. The molecule has 19 heavy (non-hydrogen) atoms. The van der Waals surface area contributed by atoms with Crippen LogP contribution in [0.1, 0.15) is 18.4 Å². The van der Waals surface area contributed by atoms with Gasteiger partial charge >= 0.3 is 5.97 Å². The molecule has 5 nitrogen and oxygen atoms in total. The van der Waals surface area contributed by atoms with Gasteiger partial charge in [0.1, 0.15) is 0 Å². The smallest absolute Gasteiger partial charge is 0.303 e. The number of aliphatic carboxylic acids is 1. The summed E-state index contributed by atoms with van der Waals surface area (Å²) in [5.41, 5.74) is 1.08. The van der Waals surface area contributed by atoms with Crippen LogP contribution in [0.4, 0.5) is 5.69 Å². The van der Waals surface area contributed by atoms with Gasteiger partial charge in [-0.1, -0.05) is 11.6 Å². The number of halogens is 1. The largest absolute Gasteiger partial charge is 0.481 e. The Labute approximate surface area is 119 Å². The fraction of sp³-hybridized carbons (Fsp3) is 0.250. The molecule has 0 atom stereocenters. The Morgan fingerprint density at radius 2 is 2.11 bits per heavy atom. The summed E-state index contributed by atoms with van der Waals surface area (Å²) in [6, 6.07) is 4.82. The summed E-state index contributed by atoms with van der Waals surface area (Å²) < 4.78 is 0. The highest BCUT2D eigenvalue weighted by Crippen LogP contribution is 2.24. The summed E-state index contributed by atoms with van der Waals surface area (Å²) in [7, 11) is 0. The first-order valence-electron chi connectivity index (χ1n) is 5.38. The van der Waals surface area contributed by atoms with Crippen molar-refractivity contribution in [2.45, 2.75) is 12.8 Å². The predicted molar refractivity (Wildman–Crippen MR) is 77.3 cm³/mol. The third-order valence-electron chi connectivity index (χ3n) is 2.27. The normalized spacial score (nSPS) is 10.0. The van der Waals surface area contributed by atoms with Crippen molar-refractivity contribution < 1.29 is 14.7 Å². The molecule has 102 valence electrons. The third-order valence-corrected chi connectivity index (χ3v) is 3.21. The summed E-state index contributed by atoms with van der Waals surface area (Å²) >= 11 is 7.28. The van der Waals surface area contributed by atoms with Crippen molar-refractivity contribution in [3.63, 3.8) is 0 Å². The van der Waals surface area contributed by atoms with E-state index in [4.69, 9.17) is 22.1 Å². The van der Waals surface area contributed by atoms with E-state index in [1.54, 1.807) is 24.5 Å². The number of nitrogens with one attached hydrogen (secondary N) is 2. The maximum atomic E-state index is 11.4. The van der Waals surface area contributed by atoms with E-state index in [-0.39, 0.29) is 18.7 Å². The van der Waals surface area contributed by atoms with Crippen molar-refractivity contribution in [2.24, 2.45) is 0 Å². The Morgan fingerprint density at radius 3 is 2.63 bits per heavy atom. The van der Waals surface area contributed by atoms with Crippen LogP contribution >= 0.6 is 23.4 Å². The van der Waals surface area contributed by atoms with Gasteiger partial charge in [0.05, 0.1) is 16.5 Å². The van der Waals surface area contributed by atoms with Gasteiger partial charge in [-0.05, 0) is 24.5 Å². The Morgan fingerprint density at radius 1 is 1.42 bits per heavy atom. The van der Waals surface area contributed by atoms with E-state index in [1.807, 2.05) is 0 Å². The number of carbonyl (C=O) groups is 2. The Bertz CT molecular complexity index is 520. The fourth-order valence-corrected chi connectivity index (χ4v) is 2.06. The number of rotatable bonds is 5. The van der Waals surface area contributed by atoms with E-state index < -0.39 is 5.97 Å². The molecule has 0 aromatic heterocycles. The van der Waals surface area contributed by atoms with Crippen molar-refractivity contribution in [3.8, 4) is 0 Å². The van der Waals surface area contributed by atoms with Crippen LogP contribution < -0.4 is 5.32 Å². The minimum atomic E-state index is -1.02. The van der Waals surface area contributed by atoms with E-state index in [2.05, 4.69) is 5.32 Å². The summed E-state index contributed by atoms with van der Waals surface area (Å²) in [4.78, 5) is 21.8. The van der Waals surface area contributed by atoms with Gasteiger partial charge < -0.3 is 10.4 Å². The molecule has 0 heterocycles. The summed E-state index contributed by atoms with van der Waals surface area (Å²) in [6.45, 7) is 0. The molecule has 1 amide bonds. The first-order chi connectivity index (χ1) is 8.93. The van der Waals surface area contributed by atoms with E-state index in [9.17, 15) is 9.59 Å². The number of hydrogen-bond donors (Lipinski definition) is 3. The van der Waals surface area contributed by atoms with E-state index in [0.717, 1.165) is 0 Å². The Kier molecular flexibility index (Phi) is 5.85.